The van der Waals surface area contributed by atoms with Crippen molar-refractivity contribution in [3.8, 4) is 5.75 Å². The van der Waals surface area contributed by atoms with Crippen molar-refractivity contribution in [2.75, 3.05) is 0 Å². The average Bonchev–Trinajstić information content (AvgIpc) is 2.97. The molecule has 0 bridgehead atoms. The quantitative estimate of drug-likeness (QED) is 0.900. The summed E-state index contributed by atoms with van der Waals surface area (Å²) in [6, 6.07) is 8.48. The maximum absolute atomic E-state index is 6.05. The molecule has 3 heteroatoms. The molecule has 17 heavy (non-hydrogen) atoms. The van der Waals surface area contributed by atoms with E-state index in [1.54, 1.807) is 11.3 Å². The highest BCUT2D eigenvalue weighted by molar-refractivity contribution is 7.07. The molecule has 0 saturated heterocycles. The van der Waals surface area contributed by atoms with Crippen LogP contribution in [0.3, 0.4) is 0 Å². The third-order valence-electron chi connectivity index (χ3n) is 3.25. The second kappa shape index (κ2) is 4.51. The highest BCUT2D eigenvalue weighted by Gasteiger charge is 2.21. The minimum absolute atomic E-state index is 0.190. The summed E-state index contributed by atoms with van der Waals surface area (Å²) in [5.74, 6) is 1.00. The van der Waals surface area contributed by atoms with Crippen LogP contribution in [0.15, 0.2) is 35.0 Å². The van der Waals surface area contributed by atoms with Gasteiger partial charge < -0.3 is 10.5 Å². The first-order valence-corrected chi connectivity index (χ1v) is 6.80. The Morgan fingerprint density at radius 3 is 3.12 bits per heavy atom. The normalized spacial score (nSPS) is 18.1. The monoisotopic (exact) mass is 245 g/mol. The van der Waals surface area contributed by atoms with E-state index >= 15 is 0 Å². The first kappa shape index (κ1) is 10.8. The highest BCUT2D eigenvalue weighted by Crippen LogP contribution is 2.35. The highest BCUT2D eigenvalue weighted by atomic mass is 32.1. The summed E-state index contributed by atoms with van der Waals surface area (Å²) in [6.07, 6.45) is 2.07. The van der Waals surface area contributed by atoms with Crippen LogP contribution in [-0.2, 0) is 13.0 Å². The van der Waals surface area contributed by atoms with Crippen LogP contribution < -0.4 is 10.5 Å². The summed E-state index contributed by atoms with van der Waals surface area (Å²) in [7, 11) is 0. The molecule has 1 aliphatic rings. The second-order valence-corrected chi connectivity index (χ2v) is 5.17. The van der Waals surface area contributed by atoms with E-state index in [0.29, 0.717) is 6.61 Å². The standard InChI is InChI=1S/C14H15NOS/c15-13-5-4-12-11(13)2-1-3-14(12)16-8-10-6-7-17-9-10/h1-3,6-7,9,13H,4-5,8,15H2. The summed E-state index contributed by atoms with van der Waals surface area (Å²) in [5.41, 5.74) is 9.84. The van der Waals surface area contributed by atoms with Gasteiger partial charge in [0.15, 0.2) is 0 Å². The van der Waals surface area contributed by atoms with Gasteiger partial charge in [-0.1, -0.05) is 12.1 Å². The Kier molecular flexibility index (Phi) is 2.87. The van der Waals surface area contributed by atoms with E-state index in [1.807, 2.05) is 12.1 Å². The van der Waals surface area contributed by atoms with Gasteiger partial charge in [-0.2, -0.15) is 11.3 Å². The van der Waals surface area contributed by atoms with Gasteiger partial charge in [-0.15, -0.1) is 0 Å². The lowest BCUT2D eigenvalue weighted by molar-refractivity contribution is 0.304. The molecule has 1 aromatic heterocycles. The number of ether oxygens (including phenoxy) is 1. The Morgan fingerprint density at radius 2 is 2.29 bits per heavy atom. The fourth-order valence-electron chi connectivity index (χ4n) is 2.32. The molecule has 88 valence electrons. The lowest BCUT2D eigenvalue weighted by atomic mass is 10.1. The molecule has 0 amide bonds. The molecule has 3 rings (SSSR count). The van der Waals surface area contributed by atoms with Crippen molar-refractivity contribution in [1.29, 1.82) is 0 Å². The average molecular weight is 245 g/mol. The molecule has 1 heterocycles. The first-order valence-electron chi connectivity index (χ1n) is 5.86. The molecule has 1 atom stereocenters. The number of benzene rings is 1. The van der Waals surface area contributed by atoms with Gasteiger partial charge in [-0.05, 0) is 52.4 Å². The van der Waals surface area contributed by atoms with Crippen molar-refractivity contribution >= 4 is 11.3 Å². The maximum atomic E-state index is 6.05. The van der Waals surface area contributed by atoms with Crippen LogP contribution >= 0.6 is 11.3 Å². The van der Waals surface area contributed by atoms with Gasteiger partial charge in [0.2, 0.25) is 0 Å². The molecule has 2 aromatic rings. The summed E-state index contributed by atoms with van der Waals surface area (Å²) in [6.45, 7) is 0.648. The van der Waals surface area contributed by atoms with Crippen LogP contribution in [0.5, 0.6) is 5.75 Å². The number of nitrogens with two attached hydrogens (primary N) is 1. The summed E-state index contributed by atoms with van der Waals surface area (Å²) >= 11 is 1.70. The van der Waals surface area contributed by atoms with E-state index in [9.17, 15) is 0 Å². The van der Waals surface area contributed by atoms with Gasteiger partial charge in [-0.25, -0.2) is 0 Å². The molecule has 1 aromatic carbocycles. The van der Waals surface area contributed by atoms with E-state index in [-0.39, 0.29) is 6.04 Å². The molecular weight excluding hydrogens is 230 g/mol. The Labute approximate surface area is 105 Å². The predicted octanol–water partition coefficient (Wildman–Crippen LogP) is 3.27. The number of hydrogen-bond acceptors (Lipinski definition) is 3. The third kappa shape index (κ3) is 2.08. The number of thiophene rings is 1. The van der Waals surface area contributed by atoms with Gasteiger partial charge in [-0.3, -0.25) is 0 Å². The molecule has 1 aliphatic carbocycles. The Hall–Kier alpha value is -1.32. The minimum atomic E-state index is 0.190. The van der Waals surface area contributed by atoms with E-state index in [1.165, 1.54) is 16.7 Å². The topological polar surface area (TPSA) is 35.2 Å². The van der Waals surface area contributed by atoms with Gasteiger partial charge >= 0.3 is 0 Å². The van der Waals surface area contributed by atoms with E-state index < -0.39 is 0 Å². The van der Waals surface area contributed by atoms with E-state index in [2.05, 4.69) is 22.9 Å². The van der Waals surface area contributed by atoms with Crippen molar-refractivity contribution in [2.24, 2.45) is 5.73 Å². The van der Waals surface area contributed by atoms with Crippen molar-refractivity contribution in [3.63, 3.8) is 0 Å². The lowest BCUT2D eigenvalue weighted by Gasteiger charge is -2.11. The Morgan fingerprint density at radius 1 is 1.35 bits per heavy atom. The Balaban J connectivity index is 1.80. The molecule has 0 aliphatic heterocycles. The molecule has 0 saturated carbocycles. The van der Waals surface area contributed by atoms with Crippen LogP contribution in [0.25, 0.3) is 0 Å². The molecular formula is C14H15NOS. The smallest absolute Gasteiger partial charge is 0.123 e. The summed E-state index contributed by atoms with van der Waals surface area (Å²) < 4.78 is 5.89. The van der Waals surface area contributed by atoms with Crippen molar-refractivity contribution in [1.82, 2.24) is 0 Å². The SMILES string of the molecule is NC1CCc2c(OCc3ccsc3)cccc21. The zero-order chi connectivity index (χ0) is 11.7. The van der Waals surface area contributed by atoms with Gasteiger partial charge in [0.25, 0.3) is 0 Å². The van der Waals surface area contributed by atoms with Crippen molar-refractivity contribution in [3.05, 3.63) is 51.7 Å². The lowest BCUT2D eigenvalue weighted by Crippen LogP contribution is -2.05. The van der Waals surface area contributed by atoms with E-state index in [0.717, 1.165) is 18.6 Å². The Bertz CT molecular complexity index is 507. The molecule has 2 nitrogen and oxygen atoms in total. The van der Waals surface area contributed by atoms with Crippen molar-refractivity contribution in [2.45, 2.75) is 25.5 Å². The van der Waals surface area contributed by atoms with E-state index in [4.69, 9.17) is 10.5 Å². The van der Waals surface area contributed by atoms with Crippen LogP contribution in [0.1, 0.15) is 29.2 Å². The van der Waals surface area contributed by atoms with Gasteiger partial charge in [0.05, 0.1) is 0 Å². The first-order chi connectivity index (χ1) is 8.34. The molecule has 0 radical (unpaired) electrons. The van der Waals surface area contributed by atoms with Crippen LogP contribution in [0.4, 0.5) is 0 Å². The fraction of sp³-hybridized carbons (Fsp3) is 0.286. The van der Waals surface area contributed by atoms with Crippen LogP contribution in [0.2, 0.25) is 0 Å². The van der Waals surface area contributed by atoms with Crippen LogP contribution in [-0.4, -0.2) is 0 Å². The maximum Gasteiger partial charge on any atom is 0.123 e. The molecule has 0 spiro atoms. The molecule has 0 fully saturated rings. The zero-order valence-corrected chi connectivity index (χ0v) is 10.4. The third-order valence-corrected chi connectivity index (χ3v) is 3.98. The van der Waals surface area contributed by atoms with Gasteiger partial charge in [0.1, 0.15) is 12.4 Å². The summed E-state index contributed by atoms with van der Waals surface area (Å²) in [5, 5.41) is 4.19. The molecule has 2 N–H and O–H groups in total. The minimum Gasteiger partial charge on any atom is -0.489 e. The molecule has 1 unspecified atom stereocenters. The van der Waals surface area contributed by atoms with Crippen molar-refractivity contribution < 1.29 is 4.74 Å². The largest absolute Gasteiger partial charge is 0.489 e. The second-order valence-electron chi connectivity index (χ2n) is 4.39. The number of rotatable bonds is 3. The number of fused-ring (bicyclic) bond motifs is 1. The predicted molar refractivity (Wildman–Crippen MR) is 70.3 cm³/mol. The fourth-order valence-corrected chi connectivity index (χ4v) is 2.98. The van der Waals surface area contributed by atoms with Gasteiger partial charge in [0, 0.05) is 6.04 Å². The number of hydrogen-bond donors (Lipinski definition) is 1. The summed E-state index contributed by atoms with van der Waals surface area (Å²) in [4.78, 5) is 0. The zero-order valence-electron chi connectivity index (χ0n) is 9.56. The van der Waals surface area contributed by atoms with Crippen LogP contribution in [0, 0.1) is 0 Å².